The van der Waals surface area contributed by atoms with E-state index in [1.807, 2.05) is 0 Å². The third kappa shape index (κ3) is 6.65. The number of Topliss-reactive ketones (excluding diaryl/α,β-unsaturated/α-hetero) is 1. The summed E-state index contributed by atoms with van der Waals surface area (Å²) in [4.78, 5) is 51.0. The largest absolute Gasteiger partial charge is 0.489 e. The number of nitrogens with one attached hydrogen (secondary N) is 3. The number of aromatic carboxylic acids is 1. The van der Waals surface area contributed by atoms with Crippen molar-refractivity contribution in [2.24, 2.45) is 5.73 Å². The van der Waals surface area contributed by atoms with Crippen molar-refractivity contribution in [1.29, 1.82) is 5.41 Å². The predicted octanol–water partition coefficient (Wildman–Crippen LogP) is 3.54. The minimum atomic E-state index is -1.68. The maximum absolute atomic E-state index is 14.0. The van der Waals surface area contributed by atoms with Crippen LogP contribution in [0.4, 0.5) is 5.69 Å². The van der Waals surface area contributed by atoms with Gasteiger partial charge in [0.1, 0.15) is 0 Å². The van der Waals surface area contributed by atoms with Crippen LogP contribution in [0.1, 0.15) is 72.9 Å². The molecule has 222 valence electrons. The molecule has 1 aliphatic heterocycles. The van der Waals surface area contributed by atoms with E-state index in [0.29, 0.717) is 40.8 Å². The molecule has 1 saturated carbocycles. The number of carboxylic acids is 2. The summed E-state index contributed by atoms with van der Waals surface area (Å²) in [5.41, 5.74) is 8.14. The monoisotopic (exact) mass is 586 g/mol. The molecule has 0 spiro atoms. The molecule has 5 rings (SSSR count). The molecule has 1 heterocycles. The van der Waals surface area contributed by atoms with Crippen molar-refractivity contribution < 1.29 is 38.9 Å². The zero-order valence-corrected chi connectivity index (χ0v) is 23.0. The van der Waals surface area contributed by atoms with Gasteiger partial charge in [0, 0.05) is 12.2 Å². The van der Waals surface area contributed by atoms with Gasteiger partial charge in [0.25, 0.3) is 0 Å². The van der Waals surface area contributed by atoms with Crippen LogP contribution >= 0.6 is 0 Å². The molecule has 12 nitrogen and oxygen atoms in total. The number of ether oxygens (including phenoxy) is 2. The highest BCUT2D eigenvalue weighted by molar-refractivity contribution is 6.14. The van der Waals surface area contributed by atoms with Crippen molar-refractivity contribution in [2.75, 3.05) is 11.9 Å². The van der Waals surface area contributed by atoms with Crippen molar-refractivity contribution in [3.8, 4) is 11.5 Å². The van der Waals surface area contributed by atoms with Crippen LogP contribution < -0.4 is 25.8 Å². The van der Waals surface area contributed by atoms with Gasteiger partial charge in [0.15, 0.2) is 29.3 Å². The van der Waals surface area contributed by atoms with Crippen LogP contribution in [-0.2, 0) is 17.8 Å². The molecule has 2 aliphatic rings. The van der Waals surface area contributed by atoms with Crippen LogP contribution in [0, 0.1) is 5.41 Å². The first-order valence-corrected chi connectivity index (χ1v) is 13.7. The van der Waals surface area contributed by atoms with Gasteiger partial charge in [-0.05, 0) is 84.7 Å². The second-order valence-corrected chi connectivity index (χ2v) is 10.4. The topological polar surface area (TPSA) is 201 Å². The Hall–Kier alpha value is -5.23. The molecule has 1 atom stereocenters. The van der Waals surface area contributed by atoms with E-state index in [0.717, 1.165) is 12.8 Å². The fourth-order valence-corrected chi connectivity index (χ4v) is 5.09. The molecule has 0 aromatic heterocycles. The van der Waals surface area contributed by atoms with E-state index in [9.17, 15) is 29.4 Å². The molecular formula is C31H30N4O8. The summed E-state index contributed by atoms with van der Waals surface area (Å²) in [5.74, 6) is -4.18. The van der Waals surface area contributed by atoms with Crippen LogP contribution in [0.15, 0.2) is 54.6 Å². The van der Waals surface area contributed by atoms with E-state index in [1.54, 1.807) is 36.4 Å². The number of rotatable bonds is 9. The molecule has 7 N–H and O–H groups in total. The predicted molar refractivity (Wildman–Crippen MR) is 155 cm³/mol. The Morgan fingerprint density at radius 1 is 1.07 bits per heavy atom. The van der Waals surface area contributed by atoms with Gasteiger partial charge >= 0.3 is 17.9 Å². The fraction of sp³-hybridized carbons (Fsp3) is 0.258. The highest BCUT2D eigenvalue weighted by atomic mass is 16.6. The molecule has 43 heavy (non-hydrogen) atoms. The van der Waals surface area contributed by atoms with E-state index in [2.05, 4.69) is 10.6 Å². The molecule has 0 bridgehead atoms. The van der Waals surface area contributed by atoms with Gasteiger partial charge in [-0.2, -0.15) is 0 Å². The molecule has 1 aliphatic carbocycles. The van der Waals surface area contributed by atoms with Gasteiger partial charge in [-0.15, -0.1) is 0 Å². The highest BCUT2D eigenvalue weighted by Gasteiger charge is 2.37. The number of hydrogen-bond donors (Lipinski definition) is 6. The van der Waals surface area contributed by atoms with Crippen molar-refractivity contribution in [3.05, 3.63) is 88.0 Å². The number of aryl methyl sites for hydroxylation is 1. The number of nitrogens with two attached hydrogens (primary N) is 1. The molecule has 0 radical (unpaired) electrons. The number of carboxylic acid groups (broad SMARTS) is 2. The van der Waals surface area contributed by atoms with Crippen LogP contribution in [0.3, 0.4) is 0 Å². The fourth-order valence-electron chi connectivity index (χ4n) is 5.09. The summed E-state index contributed by atoms with van der Waals surface area (Å²) < 4.78 is 11.8. The lowest BCUT2D eigenvalue weighted by Gasteiger charge is -2.22. The highest BCUT2D eigenvalue weighted by Crippen LogP contribution is 2.47. The Balaban J connectivity index is 1.48. The normalized spacial score (nSPS) is 15.1. The molecule has 1 unspecified atom stereocenters. The second kappa shape index (κ2) is 12.3. The zero-order chi connectivity index (χ0) is 30.7. The quantitative estimate of drug-likeness (QED) is 0.0535. The minimum absolute atomic E-state index is 0.00478. The van der Waals surface area contributed by atoms with Crippen LogP contribution in [0.2, 0.25) is 0 Å². The van der Waals surface area contributed by atoms with Gasteiger partial charge in [0.05, 0.1) is 23.3 Å². The molecule has 1 fully saturated rings. The Morgan fingerprint density at radius 3 is 2.56 bits per heavy atom. The van der Waals surface area contributed by atoms with Crippen molar-refractivity contribution in [1.82, 2.24) is 5.32 Å². The van der Waals surface area contributed by atoms with E-state index >= 15 is 0 Å². The summed E-state index contributed by atoms with van der Waals surface area (Å²) >= 11 is 0. The Kier molecular flexibility index (Phi) is 8.39. The smallest absolute Gasteiger partial charge is 0.343 e. The maximum atomic E-state index is 14.0. The lowest BCUT2D eigenvalue weighted by molar-refractivity contribution is -0.138. The summed E-state index contributed by atoms with van der Waals surface area (Å²) in [6, 6.07) is 12.4. The average Bonchev–Trinajstić information content (AvgIpc) is 3.81. The Labute approximate surface area is 246 Å². The number of esters is 1. The minimum Gasteiger partial charge on any atom is -0.489 e. The van der Waals surface area contributed by atoms with Crippen molar-refractivity contribution in [3.63, 3.8) is 0 Å². The van der Waals surface area contributed by atoms with Crippen LogP contribution in [-0.4, -0.2) is 52.5 Å². The van der Waals surface area contributed by atoms with Gasteiger partial charge in [-0.1, -0.05) is 18.2 Å². The Morgan fingerprint density at radius 2 is 1.86 bits per heavy atom. The number of aliphatic carboxylic acids is 1. The number of carbonyl (C=O) groups is 4. The van der Waals surface area contributed by atoms with E-state index in [4.69, 9.17) is 20.6 Å². The number of ketones is 1. The van der Waals surface area contributed by atoms with Crippen molar-refractivity contribution >= 4 is 35.3 Å². The Bertz CT molecular complexity index is 1630. The SMILES string of the molecule is N=C(N)Nc1ccc2c(c1)CCCOc1c(ccc(C3CC3)c1C(=O)C(NCc1cccc(C(=O)O)c1)C(=O)O)OC2=O. The van der Waals surface area contributed by atoms with Gasteiger partial charge in [0.2, 0.25) is 0 Å². The van der Waals surface area contributed by atoms with Gasteiger partial charge < -0.3 is 30.7 Å². The van der Waals surface area contributed by atoms with Gasteiger partial charge in [-0.3, -0.25) is 20.3 Å². The number of fused-ring (bicyclic) bond motifs is 2. The summed E-state index contributed by atoms with van der Waals surface area (Å²) in [6.07, 6.45) is 2.52. The maximum Gasteiger partial charge on any atom is 0.343 e. The second-order valence-electron chi connectivity index (χ2n) is 10.4. The van der Waals surface area contributed by atoms with E-state index in [-0.39, 0.29) is 47.7 Å². The number of carbonyl (C=O) groups excluding carboxylic acids is 2. The summed E-state index contributed by atoms with van der Waals surface area (Å²) in [6.45, 7) is 0.0701. The standard InChI is InChI=1S/C31H30N4O8/c32-31(33)35-20-8-9-22-18(14-20)5-2-12-42-27-23(43-30(22)41)11-10-21(17-6-7-17)24(27)26(36)25(29(39)40)34-15-16-3-1-4-19(13-16)28(37)38/h1,3-4,8-11,13-14,17,25,34H,2,5-7,12,15H2,(H,37,38)(H,39,40)(H4,32,33,35). The van der Waals surface area contributed by atoms with Crippen LogP contribution in [0.25, 0.3) is 0 Å². The first-order chi connectivity index (χ1) is 20.6. The van der Waals surface area contributed by atoms with E-state index < -0.39 is 29.7 Å². The third-order valence-corrected chi connectivity index (χ3v) is 7.25. The zero-order valence-electron chi connectivity index (χ0n) is 23.0. The van der Waals surface area contributed by atoms with Crippen molar-refractivity contribution in [2.45, 2.75) is 44.2 Å². The lowest BCUT2D eigenvalue weighted by Crippen LogP contribution is -2.43. The average molecular weight is 587 g/mol. The van der Waals surface area contributed by atoms with Crippen LogP contribution in [0.5, 0.6) is 11.5 Å². The molecule has 0 amide bonds. The number of anilines is 1. The number of hydrogen-bond acceptors (Lipinski definition) is 8. The lowest BCUT2D eigenvalue weighted by atomic mass is 9.94. The molecule has 0 saturated heterocycles. The van der Waals surface area contributed by atoms with E-state index in [1.165, 1.54) is 18.2 Å². The molecular weight excluding hydrogens is 556 g/mol. The number of benzene rings is 3. The summed E-state index contributed by atoms with van der Waals surface area (Å²) in [7, 11) is 0. The third-order valence-electron chi connectivity index (χ3n) is 7.25. The first-order valence-electron chi connectivity index (χ1n) is 13.7. The molecule has 12 heteroatoms. The number of guanidine groups is 1. The summed E-state index contributed by atoms with van der Waals surface area (Å²) in [5, 5.41) is 32.2. The molecule has 3 aromatic carbocycles. The first kappa shape index (κ1) is 29.3. The van der Waals surface area contributed by atoms with Gasteiger partial charge in [-0.25, -0.2) is 9.59 Å². The molecule has 3 aromatic rings.